The lowest BCUT2D eigenvalue weighted by molar-refractivity contribution is -0.114. The molecule has 1 unspecified atom stereocenters. The van der Waals surface area contributed by atoms with Gasteiger partial charge in [-0.05, 0) is 50.2 Å². The molecule has 1 amide bonds. The standard InChI is InChI=1S/C21H23NO5/c1-4-25-19-10-16-9-13(2)27-20(16)11-17(19)12-26-21(24)15-5-7-18(8-6-15)22-14(3)23/h5-8,10-11,13H,4,9,12H2,1-3H3,(H,22,23). The summed E-state index contributed by atoms with van der Waals surface area (Å²) in [6.45, 7) is 5.98. The van der Waals surface area contributed by atoms with E-state index in [0.29, 0.717) is 23.6 Å². The first kappa shape index (κ1) is 18.8. The minimum atomic E-state index is -0.443. The highest BCUT2D eigenvalue weighted by Crippen LogP contribution is 2.35. The van der Waals surface area contributed by atoms with E-state index >= 15 is 0 Å². The normalized spacial score (nSPS) is 14.9. The van der Waals surface area contributed by atoms with Gasteiger partial charge in [-0.15, -0.1) is 0 Å². The largest absolute Gasteiger partial charge is 0.493 e. The zero-order chi connectivity index (χ0) is 19.4. The zero-order valence-corrected chi connectivity index (χ0v) is 15.7. The molecule has 2 aromatic carbocycles. The van der Waals surface area contributed by atoms with Crippen molar-refractivity contribution in [3.63, 3.8) is 0 Å². The molecule has 1 heterocycles. The van der Waals surface area contributed by atoms with E-state index in [1.807, 2.05) is 26.0 Å². The number of hydrogen-bond acceptors (Lipinski definition) is 5. The third-order valence-corrected chi connectivity index (χ3v) is 4.18. The SMILES string of the molecule is CCOc1cc2c(cc1COC(=O)c1ccc(NC(C)=O)cc1)OC(C)C2. The first-order valence-corrected chi connectivity index (χ1v) is 8.96. The molecular formula is C21H23NO5. The molecule has 1 aliphatic rings. The molecular weight excluding hydrogens is 346 g/mol. The molecule has 0 aliphatic carbocycles. The number of nitrogens with one attached hydrogen (secondary N) is 1. The first-order valence-electron chi connectivity index (χ1n) is 8.96. The van der Waals surface area contributed by atoms with Crippen LogP contribution in [0.4, 0.5) is 5.69 Å². The first-order chi connectivity index (χ1) is 13.0. The third kappa shape index (κ3) is 4.58. The summed E-state index contributed by atoms with van der Waals surface area (Å²) in [7, 11) is 0. The summed E-state index contributed by atoms with van der Waals surface area (Å²) in [4.78, 5) is 23.4. The van der Waals surface area contributed by atoms with Crippen LogP contribution in [0.2, 0.25) is 0 Å². The summed E-state index contributed by atoms with van der Waals surface area (Å²) < 4.78 is 16.9. The molecule has 0 spiro atoms. The quantitative estimate of drug-likeness (QED) is 0.786. The van der Waals surface area contributed by atoms with Crippen molar-refractivity contribution in [1.82, 2.24) is 0 Å². The van der Waals surface area contributed by atoms with Crippen LogP contribution in [0.15, 0.2) is 36.4 Å². The molecule has 6 nitrogen and oxygen atoms in total. The van der Waals surface area contributed by atoms with Gasteiger partial charge in [-0.3, -0.25) is 4.79 Å². The summed E-state index contributed by atoms with van der Waals surface area (Å²) in [5.41, 5.74) is 2.91. The highest BCUT2D eigenvalue weighted by atomic mass is 16.5. The van der Waals surface area contributed by atoms with Crippen LogP contribution in [0.25, 0.3) is 0 Å². The van der Waals surface area contributed by atoms with Crippen molar-refractivity contribution in [3.8, 4) is 11.5 Å². The summed E-state index contributed by atoms with van der Waals surface area (Å²) in [6.07, 6.45) is 0.977. The Kier molecular flexibility index (Phi) is 5.64. The molecule has 3 rings (SSSR count). The number of carbonyl (C=O) groups excluding carboxylic acids is 2. The number of ether oxygens (including phenoxy) is 3. The monoisotopic (exact) mass is 369 g/mol. The number of esters is 1. The highest BCUT2D eigenvalue weighted by molar-refractivity contribution is 5.92. The van der Waals surface area contributed by atoms with Crippen LogP contribution >= 0.6 is 0 Å². The van der Waals surface area contributed by atoms with Crippen molar-refractivity contribution in [1.29, 1.82) is 0 Å². The summed E-state index contributed by atoms with van der Waals surface area (Å²) >= 11 is 0. The van der Waals surface area contributed by atoms with Gasteiger partial charge in [-0.25, -0.2) is 4.79 Å². The number of anilines is 1. The van der Waals surface area contributed by atoms with Gasteiger partial charge in [0.05, 0.1) is 12.2 Å². The van der Waals surface area contributed by atoms with Crippen LogP contribution in [0.5, 0.6) is 11.5 Å². The van der Waals surface area contributed by atoms with Crippen LogP contribution < -0.4 is 14.8 Å². The van der Waals surface area contributed by atoms with Crippen molar-refractivity contribution in [3.05, 3.63) is 53.1 Å². The fourth-order valence-electron chi connectivity index (χ4n) is 3.00. The molecule has 6 heteroatoms. The van der Waals surface area contributed by atoms with Crippen molar-refractivity contribution in [2.75, 3.05) is 11.9 Å². The van der Waals surface area contributed by atoms with Gasteiger partial charge in [-0.2, -0.15) is 0 Å². The average molecular weight is 369 g/mol. The molecule has 0 aromatic heterocycles. The smallest absolute Gasteiger partial charge is 0.338 e. The fraction of sp³-hybridized carbons (Fsp3) is 0.333. The lowest BCUT2D eigenvalue weighted by Crippen LogP contribution is -2.08. The number of benzene rings is 2. The van der Waals surface area contributed by atoms with Crippen molar-refractivity contribution in [2.45, 2.75) is 39.9 Å². The summed E-state index contributed by atoms with van der Waals surface area (Å²) in [5.74, 6) is 0.919. The minimum absolute atomic E-state index is 0.0899. The molecule has 1 aliphatic heterocycles. The number of amides is 1. The van der Waals surface area contributed by atoms with Crippen LogP contribution in [0.3, 0.4) is 0 Å². The van der Waals surface area contributed by atoms with E-state index in [1.165, 1.54) is 6.92 Å². The molecule has 0 fully saturated rings. The van der Waals surface area contributed by atoms with Crippen molar-refractivity contribution in [2.24, 2.45) is 0 Å². The van der Waals surface area contributed by atoms with E-state index in [0.717, 1.165) is 23.3 Å². The molecule has 0 saturated carbocycles. The molecule has 27 heavy (non-hydrogen) atoms. The number of carbonyl (C=O) groups is 2. The van der Waals surface area contributed by atoms with E-state index in [-0.39, 0.29) is 18.6 Å². The molecule has 0 bridgehead atoms. The van der Waals surface area contributed by atoms with E-state index in [9.17, 15) is 9.59 Å². The van der Waals surface area contributed by atoms with E-state index in [1.54, 1.807) is 24.3 Å². The Balaban J connectivity index is 1.69. The Bertz CT molecular complexity index is 844. The number of fused-ring (bicyclic) bond motifs is 1. The Hall–Kier alpha value is -3.02. The predicted molar refractivity (Wildman–Crippen MR) is 101 cm³/mol. The van der Waals surface area contributed by atoms with Gasteiger partial charge >= 0.3 is 5.97 Å². The maximum absolute atomic E-state index is 12.3. The highest BCUT2D eigenvalue weighted by Gasteiger charge is 2.22. The van der Waals surface area contributed by atoms with Gasteiger partial charge in [0.2, 0.25) is 5.91 Å². The molecule has 142 valence electrons. The molecule has 0 saturated heterocycles. The summed E-state index contributed by atoms with van der Waals surface area (Å²) in [5, 5.41) is 2.66. The Morgan fingerprint density at radius 2 is 1.96 bits per heavy atom. The predicted octanol–water partition coefficient (Wildman–Crippen LogP) is 3.72. The second-order valence-electron chi connectivity index (χ2n) is 6.47. The van der Waals surface area contributed by atoms with Gasteiger partial charge in [0.15, 0.2) is 0 Å². The lowest BCUT2D eigenvalue weighted by Gasteiger charge is -2.13. The van der Waals surface area contributed by atoms with Gasteiger partial charge in [0, 0.05) is 30.2 Å². The van der Waals surface area contributed by atoms with Gasteiger partial charge in [0.25, 0.3) is 0 Å². The van der Waals surface area contributed by atoms with Gasteiger partial charge in [-0.1, -0.05) is 0 Å². The van der Waals surface area contributed by atoms with E-state index in [2.05, 4.69) is 5.32 Å². The maximum Gasteiger partial charge on any atom is 0.338 e. The van der Waals surface area contributed by atoms with E-state index in [4.69, 9.17) is 14.2 Å². The lowest BCUT2D eigenvalue weighted by atomic mass is 10.1. The van der Waals surface area contributed by atoms with Crippen LogP contribution in [-0.4, -0.2) is 24.6 Å². The molecule has 2 aromatic rings. The number of rotatable bonds is 6. The van der Waals surface area contributed by atoms with Crippen LogP contribution in [0, 0.1) is 0 Å². The number of hydrogen-bond donors (Lipinski definition) is 1. The second kappa shape index (κ2) is 8.12. The Labute approximate surface area is 158 Å². The second-order valence-corrected chi connectivity index (χ2v) is 6.47. The Morgan fingerprint density at radius 3 is 2.63 bits per heavy atom. The fourth-order valence-corrected chi connectivity index (χ4v) is 3.00. The van der Waals surface area contributed by atoms with Crippen molar-refractivity contribution >= 4 is 17.6 Å². The van der Waals surface area contributed by atoms with Crippen molar-refractivity contribution < 1.29 is 23.8 Å². The maximum atomic E-state index is 12.3. The zero-order valence-electron chi connectivity index (χ0n) is 15.7. The molecule has 0 radical (unpaired) electrons. The summed E-state index contributed by atoms with van der Waals surface area (Å²) in [6, 6.07) is 10.4. The molecule has 1 atom stereocenters. The minimum Gasteiger partial charge on any atom is -0.493 e. The average Bonchev–Trinajstić information content (AvgIpc) is 2.98. The third-order valence-electron chi connectivity index (χ3n) is 4.18. The van der Waals surface area contributed by atoms with E-state index < -0.39 is 5.97 Å². The van der Waals surface area contributed by atoms with Gasteiger partial charge < -0.3 is 19.5 Å². The topological polar surface area (TPSA) is 73.9 Å². The Morgan fingerprint density at radius 1 is 1.22 bits per heavy atom. The van der Waals surface area contributed by atoms with Crippen LogP contribution in [0.1, 0.15) is 42.3 Å². The van der Waals surface area contributed by atoms with Gasteiger partial charge in [0.1, 0.15) is 24.2 Å². The molecule has 1 N–H and O–H groups in total. The van der Waals surface area contributed by atoms with Crippen LogP contribution in [-0.2, 0) is 22.6 Å².